The van der Waals surface area contributed by atoms with E-state index in [1.54, 1.807) is 17.3 Å². The fourth-order valence-electron chi connectivity index (χ4n) is 3.09. The zero-order chi connectivity index (χ0) is 16.8. The van der Waals surface area contributed by atoms with Crippen LogP contribution in [0.2, 0.25) is 0 Å². The third-order valence-corrected chi connectivity index (χ3v) is 5.10. The highest BCUT2D eigenvalue weighted by Gasteiger charge is 2.28. The number of hydrogen-bond acceptors (Lipinski definition) is 4. The zero-order valence-corrected chi connectivity index (χ0v) is 13.8. The van der Waals surface area contributed by atoms with E-state index in [1.807, 2.05) is 53.9 Å². The average molecular weight is 344 g/mol. The van der Waals surface area contributed by atoms with Gasteiger partial charge < -0.3 is 5.32 Å². The lowest BCUT2D eigenvalue weighted by molar-refractivity contribution is 0.259. The molecule has 3 aromatic heterocycles. The van der Waals surface area contributed by atoms with Crippen LogP contribution in [0.25, 0.3) is 21.5 Å². The second kappa shape index (κ2) is 5.39. The Morgan fingerprint density at radius 3 is 2.72 bits per heavy atom. The van der Waals surface area contributed by atoms with E-state index < -0.39 is 0 Å². The van der Waals surface area contributed by atoms with Crippen LogP contribution in [0.1, 0.15) is 0 Å². The lowest BCUT2D eigenvalue weighted by atomic mass is 10.1. The highest BCUT2D eigenvalue weighted by Crippen LogP contribution is 2.42. The number of carbonyl (C=O) groups is 1. The molecular weight excluding hydrogens is 332 g/mol. The molecule has 5 nitrogen and oxygen atoms in total. The summed E-state index contributed by atoms with van der Waals surface area (Å²) in [6.45, 7) is 0. The van der Waals surface area contributed by atoms with Crippen molar-refractivity contribution in [1.29, 1.82) is 0 Å². The van der Waals surface area contributed by atoms with Crippen LogP contribution in [-0.2, 0) is 0 Å². The minimum absolute atomic E-state index is 0.177. The van der Waals surface area contributed by atoms with Gasteiger partial charge in [0.2, 0.25) is 0 Å². The highest BCUT2D eigenvalue weighted by atomic mass is 32.1. The Labute approximate surface area is 147 Å². The number of aromatic nitrogens is 2. The Balaban J connectivity index is 1.68. The van der Waals surface area contributed by atoms with Crippen molar-refractivity contribution < 1.29 is 4.79 Å². The molecule has 0 atom stereocenters. The third kappa shape index (κ3) is 2.19. The summed E-state index contributed by atoms with van der Waals surface area (Å²) < 4.78 is 0. The van der Waals surface area contributed by atoms with Crippen LogP contribution in [0.5, 0.6) is 0 Å². The molecule has 1 aromatic carbocycles. The quantitative estimate of drug-likeness (QED) is 0.554. The lowest BCUT2D eigenvalue weighted by Crippen LogP contribution is -2.33. The fraction of sp³-hybridized carbons (Fsp3) is 0. The van der Waals surface area contributed by atoms with Crippen molar-refractivity contribution >= 4 is 44.6 Å². The van der Waals surface area contributed by atoms with Crippen molar-refractivity contribution in [3.63, 3.8) is 0 Å². The fourth-order valence-corrected chi connectivity index (χ4v) is 3.95. The molecule has 1 N–H and O–H groups in total. The van der Waals surface area contributed by atoms with Crippen LogP contribution in [-0.4, -0.2) is 16.0 Å². The molecule has 0 spiro atoms. The molecule has 5 rings (SSSR count). The maximum atomic E-state index is 12.7. The Morgan fingerprint density at radius 2 is 1.84 bits per heavy atom. The number of thiophene rings is 1. The molecular formula is C19H12N4OS. The molecule has 120 valence electrons. The smallest absolute Gasteiger partial charge is 0.306 e. The van der Waals surface area contributed by atoms with Crippen LogP contribution >= 0.6 is 11.3 Å². The summed E-state index contributed by atoms with van der Waals surface area (Å²) in [7, 11) is 0. The number of benzene rings is 1. The summed E-state index contributed by atoms with van der Waals surface area (Å²) in [4.78, 5) is 24.1. The first-order chi connectivity index (χ1) is 12.3. The van der Waals surface area contributed by atoms with Gasteiger partial charge in [0.25, 0.3) is 0 Å². The summed E-state index contributed by atoms with van der Waals surface area (Å²) in [6, 6.07) is 15.4. The van der Waals surface area contributed by atoms with E-state index in [9.17, 15) is 4.79 Å². The topological polar surface area (TPSA) is 58.1 Å². The van der Waals surface area contributed by atoms with Gasteiger partial charge in [-0.15, -0.1) is 11.3 Å². The van der Waals surface area contributed by atoms with Crippen molar-refractivity contribution in [2.75, 3.05) is 10.2 Å². The molecule has 0 bridgehead atoms. The van der Waals surface area contributed by atoms with Crippen LogP contribution in [0.4, 0.5) is 21.9 Å². The predicted molar refractivity (Wildman–Crippen MR) is 100 cm³/mol. The van der Waals surface area contributed by atoms with E-state index in [2.05, 4.69) is 15.3 Å². The summed E-state index contributed by atoms with van der Waals surface area (Å²) in [6.07, 6.45) is 3.47. The van der Waals surface area contributed by atoms with Crippen molar-refractivity contribution in [2.24, 2.45) is 0 Å². The first kappa shape index (κ1) is 14.1. The molecule has 1 aliphatic rings. The van der Waals surface area contributed by atoms with Gasteiger partial charge >= 0.3 is 6.03 Å². The van der Waals surface area contributed by atoms with Gasteiger partial charge in [0.1, 0.15) is 4.83 Å². The molecule has 4 aromatic rings. The maximum Gasteiger partial charge on any atom is 0.331 e. The number of hydrogen-bond donors (Lipinski definition) is 1. The van der Waals surface area contributed by atoms with Crippen molar-refractivity contribution in [2.45, 2.75) is 0 Å². The Kier molecular flexibility index (Phi) is 3.05. The number of anilines is 3. The minimum Gasteiger partial charge on any atom is -0.306 e. The number of carbonyl (C=O) groups excluding carboxylic acids is 1. The molecule has 0 saturated heterocycles. The van der Waals surface area contributed by atoms with Gasteiger partial charge in [-0.25, -0.2) is 9.78 Å². The molecule has 2 amide bonds. The molecule has 6 heteroatoms. The normalized spacial score (nSPS) is 13.1. The molecule has 0 radical (unpaired) electrons. The molecule has 25 heavy (non-hydrogen) atoms. The number of urea groups is 1. The van der Waals surface area contributed by atoms with E-state index in [0.29, 0.717) is 0 Å². The first-order valence-corrected chi connectivity index (χ1v) is 8.68. The average Bonchev–Trinajstić information content (AvgIpc) is 3.07. The van der Waals surface area contributed by atoms with Gasteiger partial charge in [-0.3, -0.25) is 9.88 Å². The van der Waals surface area contributed by atoms with Crippen LogP contribution in [0.3, 0.4) is 0 Å². The Hall–Kier alpha value is -3.25. The SMILES string of the molecule is O=C1Nc2csc3nccc(c23)N1c1ccnc(-c2ccccc2)c1. The minimum atomic E-state index is -0.177. The number of nitrogens with one attached hydrogen (secondary N) is 1. The lowest BCUT2D eigenvalue weighted by Gasteiger charge is -2.28. The van der Waals surface area contributed by atoms with Crippen LogP contribution in [0.15, 0.2) is 66.3 Å². The predicted octanol–water partition coefficient (Wildman–Crippen LogP) is 5.04. The van der Waals surface area contributed by atoms with E-state index >= 15 is 0 Å². The summed E-state index contributed by atoms with van der Waals surface area (Å²) in [5, 5.41) is 5.85. The van der Waals surface area contributed by atoms with Gasteiger partial charge in [-0.1, -0.05) is 30.3 Å². The van der Waals surface area contributed by atoms with Crippen molar-refractivity contribution in [1.82, 2.24) is 9.97 Å². The summed E-state index contributed by atoms with van der Waals surface area (Å²) >= 11 is 1.53. The van der Waals surface area contributed by atoms with E-state index in [4.69, 9.17) is 0 Å². The molecule has 0 unspecified atom stereocenters. The van der Waals surface area contributed by atoms with Gasteiger partial charge in [0, 0.05) is 23.3 Å². The molecule has 4 heterocycles. The largest absolute Gasteiger partial charge is 0.331 e. The number of nitrogens with zero attached hydrogens (tertiary/aromatic N) is 3. The monoisotopic (exact) mass is 344 g/mol. The van der Waals surface area contributed by atoms with Gasteiger partial charge in [0.15, 0.2) is 0 Å². The number of amides is 2. The van der Waals surface area contributed by atoms with Crippen molar-refractivity contribution in [3.05, 3.63) is 66.3 Å². The molecule has 0 fully saturated rings. The standard InChI is InChI=1S/C19H12N4OS/c24-19-22-15-11-25-18-17(15)16(7-9-21-18)23(19)13-6-8-20-14(10-13)12-4-2-1-3-5-12/h1-11H,(H,22,24). The van der Waals surface area contributed by atoms with E-state index in [-0.39, 0.29) is 6.03 Å². The van der Waals surface area contributed by atoms with Crippen LogP contribution in [0, 0.1) is 0 Å². The van der Waals surface area contributed by atoms with Gasteiger partial charge in [-0.05, 0) is 18.2 Å². The number of rotatable bonds is 2. The van der Waals surface area contributed by atoms with Crippen molar-refractivity contribution in [3.8, 4) is 11.3 Å². The Bertz CT molecular complexity index is 1110. The van der Waals surface area contributed by atoms with E-state index in [0.717, 1.165) is 38.5 Å². The van der Waals surface area contributed by atoms with Gasteiger partial charge in [0.05, 0.1) is 28.1 Å². The van der Waals surface area contributed by atoms with Crippen LogP contribution < -0.4 is 10.2 Å². The molecule has 0 saturated carbocycles. The maximum absolute atomic E-state index is 12.7. The van der Waals surface area contributed by atoms with E-state index in [1.165, 1.54) is 11.3 Å². The first-order valence-electron chi connectivity index (χ1n) is 7.80. The second-order valence-corrected chi connectivity index (χ2v) is 6.55. The second-order valence-electron chi connectivity index (χ2n) is 5.69. The molecule has 0 aliphatic carbocycles. The zero-order valence-electron chi connectivity index (χ0n) is 13.0. The third-order valence-electron chi connectivity index (χ3n) is 4.21. The molecule has 1 aliphatic heterocycles. The highest BCUT2D eigenvalue weighted by molar-refractivity contribution is 7.17. The van der Waals surface area contributed by atoms with Gasteiger partial charge in [-0.2, -0.15) is 0 Å². The summed E-state index contributed by atoms with van der Waals surface area (Å²) in [5.41, 5.74) is 4.28. The summed E-state index contributed by atoms with van der Waals surface area (Å²) in [5.74, 6) is 0. The number of pyridine rings is 2. The Morgan fingerprint density at radius 1 is 1.00 bits per heavy atom.